The van der Waals surface area contributed by atoms with Crippen LogP contribution in [-0.2, 0) is 9.84 Å². The van der Waals surface area contributed by atoms with E-state index in [9.17, 15) is 13.2 Å². The van der Waals surface area contributed by atoms with E-state index in [1.807, 2.05) is 0 Å². The maximum absolute atomic E-state index is 11.6. The zero-order valence-corrected chi connectivity index (χ0v) is 12.4. The van der Waals surface area contributed by atoms with Crippen LogP contribution in [0.4, 0.5) is 5.82 Å². The summed E-state index contributed by atoms with van der Waals surface area (Å²) in [5.41, 5.74) is 0.281. The molecule has 0 bridgehead atoms. The molecule has 7 nitrogen and oxygen atoms in total. The number of hydrogen-bond donors (Lipinski definition) is 1. The lowest BCUT2D eigenvalue weighted by atomic mass is 10.1. The highest BCUT2D eigenvalue weighted by atomic mass is 32.2. The predicted octanol–water partition coefficient (Wildman–Crippen LogP) is 0.0250. The minimum absolute atomic E-state index is 0.116. The van der Waals surface area contributed by atoms with Gasteiger partial charge in [-0.05, 0) is 24.5 Å². The van der Waals surface area contributed by atoms with Gasteiger partial charge in [0.2, 0.25) is 0 Å². The van der Waals surface area contributed by atoms with Gasteiger partial charge in [-0.2, -0.15) is 0 Å². The van der Waals surface area contributed by atoms with Crippen molar-refractivity contribution in [1.29, 1.82) is 0 Å². The third-order valence-corrected chi connectivity index (χ3v) is 5.03. The highest BCUT2D eigenvalue weighted by Crippen LogP contribution is 2.18. The standard InChI is InChI=1S/C12H18N4O3S/c1-16(2)12(17)10-3-4-11(15-14-10)13-7-9-5-6-20(18,19)8-9/h3-4,9H,5-8H2,1-2H3,(H,13,15). The van der Waals surface area contributed by atoms with Crippen LogP contribution in [0.5, 0.6) is 0 Å². The molecule has 1 fully saturated rings. The normalized spacial score (nSPS) is 20.6. The van der Waals surface area contributed by atoms with Crippen LogP contribution >= 0.6 is 0 Å². The fourth-order valence-corrected chi connectivity index (χ4v) is 3.91. The molecule has 1 aromatic heterocycles. The number of carbonyl (C=O) groups excluding carboxylic acids is 1. The smallest absolute Gasteiger partial charge is 0.273 e. The Labute approximate surface area is 118 Å². The van der Waals surface area contributed by atoms with Crippen molar-refractivity contribution < 1.29 is 13.2 Å². The number of carbonyl (C=O) groups is 1. The number of nitrogens with one attached hydrogen (secondary N) is 1. The van der Waals surface area contributed by atoms with Gasteiger partial charge < -0.3 is 10.2 Å². The number of anilines is 1. The van der Waals surface area contributed by atoms with E-state index in [1.165, 1.54) is 4.90 Å². The highest BCUT2D eigenvalue weighted by Gasteiger charge is 2.27. The molecule has 1 amide bonds. The average Bonchev–Trinajstić information content (AvgIpc) is 2.75. The van der Waals surface area contributed by atoms with Crippen LogP contribution in [0.25, 0.3) is 0 Å². The Hall–Kier alpha value is -1.70. The molecule has 1 atom stereocenters. The topological polar surface area (TPSA) is 92.3 Å². The summed E-state index contributed by atoms with van der Waals surface area (Å²) >= 11 is 0. The number of hydrogen-bond acceptors (Lipinski definition) is 6. The first kappa shape index (κ1) is 14.7. The molecule has 1 aromatic rings. The molecule has 1 aliphatic rings. The van der Waals surface area contributed by atoms with Crippen molar-refractivity contribution in [3.05, 3.63) is 17.8 Å². The lowest BCUT2D eigenvalue weighted by Gasteiger charge is -2.11. The second kappa shape index (κ2) is 5.74. The summed E-state index contributed by atoms with van der Waals surface area (Å²) in [6.07, 6.45) is 0.681. The van der Waals surface area contributed by atoms with E-state index in [0.29, 0.717) is 18.8 Å². The van der Waals surface area contributed by atoms with Crippen molar-refractivity contribution in [2.75, 3.05) is 37.5 Å². The van der Waals surface area contributed by atoms with Crippen LogP contribution in [0.2, 0.25) is 0 Å². The van der Waals surface area contributed by atoms with Gasteiger partial charge >= 0.3 is 0 Å². The van der Waals surface area contributed by atoms with Crippen molar-refractivity contribution in [3.8, 4) is 0 Å². The number of nitrogens with zero attached hydrogens (tertiary/aromatic N) is 3. The molecule has 110 valence electrons. The average molecular weight is 298 g/mol. The van der Waals surface area contributed by atoms with Crippen molar-refractivity contribution >= 4 is 21.6 Å². The largest absolute Gasteiger partial charge is 0.368 e. The van der Waals surface area contributed by atoms with Crippen LogP contribution < -0.4 is 5.32 Å². The number of rotatable bonds is 4. The van der Waals surface area contributed by atoms with E-state index in [-0.39, 0.29) is 29.0 Å². The lowest BCUT2D eigenvalue weighted by Crippen LogP contribution is -2.23. The molecule has 0 aliphatic carbocycles. The van der Waals surface area contributed by atoms with Gasteiger partial charge in [0.25, 0.3) is 5.91 Å². The van der Waals surface area contributed by atoms with Crippen molar-refractivity contribution in [3.63, 3.8) is 0 Å². The molecule has 0 saturated carbocycles. The Morgan fingerprint density at radius 3 is 2.65 bits per heavy atom. The van der Waals surface area contributed by atoms with Crippen LogP contribution in [0, 0.1) is 5.92 Å². The van der Waals surface area contributed by atoms with Gasteiger partial charge in [0.15, 0.2) is 15.5 Å². The lowest BCUT2D eigenvalue weighted by molar-refractivity contribution is 0.0821. The van der Waals surface area contributed by atoms with Gasteiger partial charge in [-0.1, -0.05) is 0 Å². The first-order valence-electron chi connectivity index (χ1n) is 6.37. The van der Waals surface area contributed by atoms with E-state index in [4.69, 9.17) is 0 Å². The van der Waals surface area contributed by atoms with E-state index < -0.39 is 9.84 Å². The van der Waals surface area contributed by atoms with Crippen molar-refractivity contribution in [2.45, 2.75) is 6.42 Å². The molecule has 1 unspecified atom stereocenters. The summed E-state index contributed by atoms with van der Waals surface area (Å²) in [6.45, 7) is 0.550. The molecule has 20 heavy (non-hydrogen) atoms. The Balaban J connectivity index is 1.90. The van der Waals surface area contributed by atoms with E-state index >= 15 is 0 Å². The summed E-state index contributed by atoms with van der Waals surface area (Å²) in [5, 5.41) is 10.8. The number of sulfone groups is 1. The molecule has 1 saturated heterocycles. The van der Waals surface area contributed by atoms with E-state index in [0.717, 1.165) is 0 Å². The highest BCUT2D eigenvalue weighted by molar-refractivity contribution is 7.91. The van der Waals surface area contributed by atoms with Crippen LogP contribution in [0.1, 0.15) is 16.9 Å². The predicted molar refractivity (Wildman–Crippen MR) is 75.3 cm³/mol. The van der Waals surface area contributed by atoms with E-state index in [1.54, 1.807) is 26.2 Å². The second-order valence-electron chi connectivity index (χ2n) is 5.15. The minimum atomic E-state index is -2.85. The summed E-state index contributed by atoms with van der Waals surface area (Å²) in [4.78, 5) is 13.1. The zero-order chi connectivity index (χ0) is 14.8. The van der Waals surface area contributed by atoms with Crippen molar-refractivity contribution in [2.24, 2.45) is 5.92 Å². The number of amides is 1. The fourth-order valence-electron chi connectivity index (χ4n) is 2.05. The summed E-state index contributed by atoms with van der Waals surface area (Å²) in [6, 6.07) is 3.27. The quantitative estimate of drug-likeness (QED) is 0.843. The SMILES string of the molecule is CN(C)C(=O)c1ccc(NCC2CCS(=O)(=O)C2)nn1. The Kier molecular flexibility index (Phi) is 4.22. The molecule has 0 radical (unpaired) electrons. The Bertz CT molecular complexity index is 583. The van der Waals surface area contributed by atoms with Gasteiger partial charge in [0.1, 0.15) is 5.82 Å². The van der Waals surface area contributed by atoms with Crippen LogP contribution in [0.3, 0.4) is 0 Å². The molecular weight excluding hydrogens is 280 g/mol. The van der Waals surface area contributed by atoms with Crippen molar-refractivity contribution in [1.82, 2.24) is 15.1 Å². The third-order valence-electron chi connectivity index (χ3n) is 3.19. The second-order valence-corrected chi connectivity index (χ2v) is 7.38. The third kappa shape index (κ3) is 3.66. The Morgan fingerprint density at radius 1 is 1.40 bits per heavy atom. The maximum Gasteiger partial charge on any atom is 0.273 e. The van der Waals surface area contributed by atoms with E-state index in [2.05, 4.69) is 15.5 Å². The zero-order valence-electron chi connectivity index (χ0n) is 11.5. The first-order chi connectivity index (χ1) is 9.37. The fraction of sp³-hybridized carbons (Fsp3) is 0.583. The van der Waals surface area contributed by atoms with Gasteiger partial charge in [-0.3, -0.25) is 4.79 Å². The molecule has 0 spiro atoms. The Morgan fingerprint density at radius 2 is 2.15 bits per heavy atom. The number of aromatic nitrogens is 2. The summed E-state index contributed by atoms with van der Waals surface area (Å²) in [7, 11) is 0.445. The molecule has 8 heteroatoms. The first-order valence-corrected chi connectivity index (χ1v) is 8.19. The molecule has 1 aliphatic heterocycles. The molecule has 2 rings (SSSR count). The summed E-state index contributed by atoms with van der Waals surface area (Å²) < 4.78 is 22.7. The molecule has 1 N–H and O–H groups in total. The summed E-state index contributed by atoms with van der Waals surface area (Å²) in [5.74, 6) is 0.951. The van der Waals surface area contributed by atoms with Gasteiger partial charge in [-0.15, -0.1) is 10.2 Å². The van der Waals surface area contributed by atoms with Gasteiger partial charge in [-0.25, -0.2) is 8.42 Å². The minimum Gasteiger partial charge on any atom is -0.368 e. The molecule has 2 heterocycles. The molecular formula is C12H18N4O3S. The monoisotopic (exact) mass is 298 g/mol. The van der Waals surface area contributed by atoms with Gasteiger partial charge in [0.05, 0.1) is 11.5 Å². The molecule has 0 aromatic carbocycles. The van der Waals surface area contributed by atoms with Crippen LogP contribution in [0.15, 0.2) is 12.1 Å². The maximum atomic E-state index is 11.6. The van der Waals surface area contributed by atoms with Crippen LogP contribution in [-0.4, -0.2) is 61.6 Å². The van der Waals surface area contributed by atoms with Gasteiger partial charge in [0, 0.05) is 20.6 Å².